The third-order valence-electron chi connectivity index (χ3n) is 4.61. The molecule has 0 saturated carbocycles. The van der Waals surface area contributed by atoms with Gasteiger partial charge in [0, 0.05) is 39.3 Å². The van der Waals surface area contributed by atoms with Crippen molar-refractivity contribution < 1.29 is 0 Å². The van der Waals surface area contributed by atoms with Crippen molar-refractivity contribution in [2.75, 3.05) is 45.8 Å². The molecule has 0 aromatic carbocycles. The smallest absolute Gasteiger partial charge is 0.0110 e. The molecule has 4 fully saturated rings. The predicted octanol–water partition coefficient (Wildman–Crippen LogP) is -0.171. The molecule has 4 bridgehead atoms. The second-order valence-corrected chi connectivity index (χ2v) is 5.73. The van der Waals surface area contributed by atoms with E-state index in [2.05, 4.69) is 16.7 Å². The molecule has 0 aliphatic carbocycles. The minimum atomic E-state index is 0.479. The Morgan fingerprint density at radius 3 is 2.21 bits per heavy atom. The van der Waals surface area contributed by atoms with Gasteiger partial charge in [-0.2, -0.15) is 0 Å². The molecule has 4 aliphatic heterocycles. The summed E-state index contributed by atoms with van der Waals surface area (Å²) >= 11 is 0. The van der Waals surface area contributed by atoms with Crippen LogP contribution in [-0.2, 0) is 0 Å². The second kappa shape index (κ2) is 2.94. The van der Waals surface area contributed by atoms with Gasteiger partial charge in [0.2, 0.25) is 0 Å². The fraction of sp³-hybridized carbons (Fsp3) is 1.00. The summed E-state index contributed by atoms with van der Waals surface area (Å²) < 4.78 is 0. The maximum absolute atomic E-state index is 5.95. The Bertz CT molecular complexity index is 225. The van der Waals surface area contributed by atoms with E-state index in [1.165, 1.54) is 39.3 Å². The zero-order chi connectivity index (χ0) is 9.76. The van der Waals surface area contributed by atoms with Gasteiger partial charge in [-0.05, 0) is 23.8 Å². The minimum Gasteiger partial charge on any atom is -0.330 e. The first-order chi connectivity index (χ1) is 6.71. The van der Waals surface area contributed by atoms with Crippen molar-refractivity contribution in [2.24, 2.45) is 23.0 Å². The minimum absolute atomic E-state index is 0.479. The first-order valence-electron chi connectivity index (χ1n) is 5.86. The highest BCUT2D eigenvalue weighted by Gasteiger charge is 2.50. The van der Waals surface area contributed by atoms with E-state index in [1.807, 2.05) is 0 Å². The predicted molar refractivity (Wildman–Crippen MR) is 57.0 cm³/mol. The highest BCUT2D eigenvalue weighted by atomic mass is 15.3. The van der Waals surface area contributed by atoms with Gasteiger partial charge in [-0.3, -0.25) is 0 Å². The molecular formula is C11H21N3. The molecule has 3 heteroatoms. The van der Waals surface area contributed by atoms with Crippen LogP contribution < -0.4 is 5.73 Å². The lowest BCUT2D eigenvalue weighted by Crippen LogP contribution is -2.61. The van der Waals surface area contributed by atoms with E-state index in [4.69, 9.17) is 5.73 Å². The van der Waals surface area contributed by atoms with Crippen LogP contribution in [0, 0.1) is 17.3 Å². The Morgan fingerprint density at radius 2 is 1.79 bits per heavy atom. The van der Waals surface area contributed by atoms with Gasteiger partial charge in [0.1, 0.15) is 0 Å². The molecular weight excluding hydrogens is 174 g/mol. The van der Waals surface area contributed by atoms with Crippen LogP contribution in [-0.4, -0.2) is 55.6 Å². The number of piperidine rings is 2. The second-order valence-electron chi connectivity index (χ2n) is 5.73. The van der Waals surface area contributed by atoms with E-state index in [0.717, 1.165) is 18.4 Å². The topological polar surface area (TPSA) is 32.5 Å². The van der Waals surface area contributed by atoms with E-state index in [9.17, 15) is 0 Å². The Hall–Kier alpha value is -0.120. The molecule has 4 rings (SSSR count). The zero-order valence-corrected chi connectivity index (χ0v) is 9.08. The lowest BCUT2D eigenvalue weighted by molar-refractivity contribution is -0.0419. The molecule has 0 radical (unpaired) electrons. The van der Waals surface area contributed by atoms with E-state index in [-0.39, 0.29) is 0 Å². The summed E-state index contributed by atoms with van der Waals surface area (Å²) in [5, 5.41) is 0. The number of fused-ring (bicyclic) bond motifs is 1. The first kappa shape index (κ1) is 9.13. The summed E-state index contributed by atoms with van der Waals surface area (Å²) in [6.45, 7) is 11.1. The maximum Gasteiger partial charge on any atom is 0.0110 e. The van der Waals surface area contributed by atoms with Gasteiger partial charge in [0.25, 0.3) is 0 Å². The molecule has 4 aliphatic rings. The zero-order valence-electron chi connectivity index (χ0n) is 9.08. The molecule has 0 amide bonds. The molecule has 2 N–H and O–H groups in total. The van der Waals surface area contributed by atoms with Crippen LogP contribution in [0.5, 0.6) is 0 Å². The molecule has 3 nitrogen and oxygen atoms in total. The monoisotopic (exact) mass is 195 g/mol. The average molecular weight is 195 g/mol. The Morgan fingerprint density at radius 1 is 1.21 bits per heavy atom. The number of nitrogens with zero attached hydrogens (tertiary/aromatic N) is 2. The summed E-state index contributed by atoms with van der Waals surface area (Å²) in [6.07, 6.45) is 0. The third kappa shape index (κ3) is 1.16. The molecule has 0 aromatic rings. The van der Waals surface area contributed by atoms with E-state index < -0.39 is 0 Å². The van der Waals surface area contributed by atoms with Crippen LogP contribution in [0.4, 0.5) is 0 Å². The number of nitrogens with two attached hydrogens (primary N) is 1. The fourth-order valence-electron chi connectivity index (χ4n) is 4.08. The van der Waals surface area contributed by atoms with Crippen molar-refractivity contribution in [1.29, 1.82) is 0 Å². The number of hydrogen-bond donors (Lipinski definition) is 1. The van der Waals surface area contributed by atoms with Crippen molar-refractivity contribution in [1.82, 2.24) is 9.80 Å². The van der Waals surface area contributed by atoms with Crippen molar-refractivity contribution in [3.8, 4) is 0 Å². The van der Waals surface area contributed by atoms with Crippen LogP contribution in [0.2, 0.25) is 0 Å². The molecule has 4 heterocycles. The highest BCUT2D eigenvalue weighted by molar-refractivity contribution is 5.03. The standard InChI is InChI=1S/C11H21N3/c1-11-7-13-2-3-14(8-11)6-9(5-13)10(11)4-12/h9-10H,2-8,12H2,1H3. The molecule has 14 heavy (non-hydrogen) atoms. The Balaban J connectivity index is 1.95. The molecule has 0 spiro atoms. The SMILES string of the molecule is CC12CN3CCN(CC(C3)C1CN)C2. The summed E-state index contributed by atoms with van der Waals surface area (Å²) in [6, 6.07) is 0. The number of hydrogen-bond acceptors (Lipinski definition) is 3. The van der Waals surface area contributed by atoms with Crippen molar-refractivity contribution in [3.05, 3.63) is 0 Å². The summed E-state index contributed by atoms with van der Waals surface area (Å²) in [5.74, 6) is 1.61. The van der Waals surface area contributed by atoms with E-state index in [0.29, 0.717) is 5.41 Å². The van der Waals surface area contributed by atoms with Gasteiger partial charge in [-0.1, -0.05) is 6.92 Å². The van der Waals surface area contributed by atoms with Crippen LogP contribution in [0.25, 0.3) is 0 Å². The van der Waals surface area contributed by atoms with Crippen LogP contribution >= 0.6 is 0 Å². The van der Waals surface area contributed by atoms with Crippen molar-refractivity contribution in [2.45, 2.75) is 6.92 Å². The van der Waals surface area contributed by atoms with Gasteiger partial charge in [-0.15, -0.1) is 0 Å². The molecule has 80 valence electrons. The van der Waals surface area contributed by atoms with Gasteiger partial charge < -0.3 is 15.5 Å². The fourth-order valence-corrected chi connectivity index (χ4v) is 4.08. The quantitative estimate of drug-likeness (QED) is 0.630. The maximum atomic E-state index is 5.95. The van der Waals surface area contributed by atoms with Crippen LogP contribution in [0.1, 0.15) is 6.92 Å². The van der Waals surface area contributed by atoms with Gasteiger partial charge in [-0.25, -0.2) is 0 Å². The largest absolute Gasteiger partial charge is 0.330 e. The normalized spacial score (nSPS) is 56.1. The lowest BCUT2D eigenvalue weighted by Gasteiger charge is -2.53. The lowest BCUT2D eigenvalue weighted by atomic mass is 9.65. The first-order valence-corrected chi connectivity index (χ1v) is 5.86. The van der Waals surface area contributed by atoms with Gasteiger partial charge >= 0.3 is 0 Å². The highest BCUT2D eigenvalue weighted by Crippen LogP contribution is 2.44. The van der Waals surface area contributed by atoms with E-state index >= 15 is 0 Å². The summed E-state index contributed by atoms with van der Waals surface area (Å²) in [4.78, 5) is 5.31. The van der Waals surface area contributed by atoms with Gasteiger partial charge in [0.15, 0.2) is 0 Å². The van der Waals surface area contributed by atoms with Crippen LogP contribution in [0.15, 0.2) is 0 Å². The third-order valence-corrected chi connectivity index (χ3v) is 4.61. The van der Waals surface area contributed by atoms with Crippen molar-refractivity contribution >= 4 is 0 Å². The number of rotatable bonds is 1. The average Bonchev–Trinajstić information content (AvgIpc) is 2.32. The Kier molecular flexibility index (Phi) is 1.92. The summed E-state index contributed by atoms with van der Waals surface area (Å²) in [7, 11) is 0. The van der Waals surface area contributed by atoms with E-state index in [1.54, 1.807) is 0 Å². The molecule has 3 unspecified atom stereocenters. The van der Waals surface area contributed by atoms with Crippen LogP contribution in [0.3, 0.4) is 0 Å². The molecule has 3 atom stereocenters. The molecule has 4 saturated heterocycles. The summed E-state index contributed by atoms with van der Waals surface area (Å²) in [5.41, 5.74) is 6.43. The Labute approximate surface area is 86.2 Å². The molecule has 0 aromatic heterocycles. The van der Waals surface area contributed by atoms with Gasteiger partial charge in [0.05, 0.1) is 0 Å². The van der Waals surface area contributed by atoms with Crippen molar-refractivity contribution in [3.63, 3.8) is 0 Å².